The van der Waals surface area contributed by atoms with Crippen LogP contribution in [0.4, 0.5) is 18.9 Å². The highest BCUT2D eigenvalue weighted by Gasteiger charge is 2.30. The number of alkyl halides is 3. The topological polar surface area (TPSA) is 46.2 Å². The van der Waals surface area contributed by atoms with Crippen molar-refractivity contribution in [2.24, 2.45) is 0 Å². The van der Waals surface area contributed by atoms with Gasteiger partial charge >= 0.3 is 6.18 Å². The molecule has 34 heavy (non-hydrogen) atoms. The number of nitrogens with one attached hydrogen (secondary N) is 1. The zero-order chi connectivity index (χ0) is 24.6. The first-order valence-electron chi connectivity index (χ1n) is 11.0. The molecule has 1 aliphatic heterocycles. The number of anilines is 1. The van der Waals surface area contributed by atoms with Gasteiger partial charge in [0.1, 0.15) is 0 Å². The molecule has 10 heteroatoms. The summed E-state index contributed by atoms with van der Waals surface area (Å²) in [4.78, 5) is 4.36. The van der Waals surface area contributed by atoms with Gasteiger partial charge in [-0.15, -0.1) is 0 Å². The maximum absolute atomic E-state index is 12.9. The van der Waals surface area contributed by atoms with E-state index in [2.05, 4.69) is 10.2 Å². The van der Waals surface area contributed by atoms with Crippen LogP contribution in [-0.2, 0) is 17.5 Å². The third kappa shape index (κ3) is 7.48. The Balaban J connectivity index is 1.69. The van der Waals surface area contributed by atoms with Crippen LogP contribution in [0.2, 0.25) is 0 Å². The molecule has 0 unspecified atom stereocenters. The summed E-state index contributed by atoms with van der Waals surface area (Å²) in [6.45, 7) is 5.39. The molecule has 0 bridgehead atoms. The van der Waals surface area contributed by atoms with Crippen molar-refractivity contribution in [3.8, 4) is 11.5 Å². The summed E-state index contributed by atoms with van der Waals surface area (Å²) < 4.78 is 54.8. The van der Waals surface area contributed by atoms with Crippen LogP contribution in [0.3, 0.4) is 0 Å². The molecule has 3 rings (SSSR count). The summed E-state index contributed by atoms with van der Waals surface area (Å²) in [6.07, 6.45) is -3.50. The van der Waals surface area contributed by atoms with Crippen LogP contribution in [-0.4, -0.2) is 68.5 Å². The number of nitrogens with zero attached hydrogens (tertiary/aromatic N) is 2. The summed E-state index contributed by atoms with van der Waals surface area (Å²) in [6, 6.07) is 10.5. The number of benzene rings is 2. The number of hydrogen-bond acceptors (Lipinski definition) is 5. The van der Waals surface area contributed by atoms with Gasteiger partial charge in [0, 0.05) is 38.4 Å². The largest absolute Gasteiger partial charge is 0.493 e. The summed E-state index contributed by atoms with van der Waals surface area (Å²) in [5.41, 5.74) is 0.778. The molecule has 6 nitrogen and oxygen atoms in total. The predicted molar refractivity (Wildman–Crippen MR) is 129 cm³/mol. The van der Waals surface area contributed by atoms with Crippen LogP contribution in [0.1, 0.15) is 17.5 Å². The zero-order valence-corrected chi connectivity index (χ0v) is 20.2. The Hall–Kier alpha value is -2.56. The third-order valence-electron chi connectivity index (χ3n) is 5.58. The van der Waals surface area contributed by atoms with E-state index in [9.17, 15) is 13.2 Å². The van der Waals surface area contributed by atoms with E-state index in [1.54, 1.807) is 14.2 Å². The lowest BCUT2D eigenvalue weighted by Gasteiger charge is -2.30. The van der Waals surface area contributed by atoms with E-state index in [1.807, 2.05) is 23.1 Å². The Bertz CT molecular complexity index is 935. The lowest BCUT2D eigenvalue weighted by atomic mass is 10.2. The molecule has 1 aliphatic rings. The van der Waals surface area contributed by atoms with Crippen LogP contribution in [0.25, 0.3) is 0 Å². The molecule has 0 aromatic heterocycles. The van der Waals surface area contributed by atoms with Crippen LogP contribution >= 0.6 is 12.2 Å². The molecule has 2 aromatic carbocycles. The smallest absolute Gasteiger partial charge is 0.416 e. The molecule has 0 saturated carbocycles. The minimum atomic E-state index is -4.38. The number of hydrogen-bond donors (Lipinski definition) is 1. The van der Waals surface area contributed by atoms with Crippen LogP contribution in [0.5, 0.6) is 11.5 Å². The van der Waals surface area contributed by atoms with Gasteiger partial charge in [0.05, 0.1) is 33.0 Å². The molecule has 0 aliphatic carbocycles. The Morgan fingerprint density at radius 3 is 2.35 bits per heavy atom. The van der Waals surface area contributed by atoms with Gasteiger partial charge in [0.25, 0.3) is 0 Å². The van der Waals surface area contributed by atoms with Crippen molar-refractivity contribution in [2.45, 2.75) is 19.1 Å². The summed E-state index contributed by atoms with van der Waals surface area (Å²) in [7, 11) is 3.16. The van der Waals surface area contributed by atoms with E-state index >= 15 is 0 Å². The van der Waals surface area contributed by atoms with Crippen molar-refractivity contribution in [1.29, 1.82) is 0 Å². The summed E-state index contributed by atoms with van der Waals surface area (Å²) in [5, 5.41) is 3.52. The molecule has 0 amide bonds. The van der Waals surface area contributed by atoms with Crippen molar-refractivity contribution >= 4 is 23.0 Å². The fourth-order valence-corrected chi connectivity index (χ4v) is 3.98. The molecule has 1 heterocycles. The van der Waals surface area contributed by atoms with Crippen LogP contribution in [0.15, 0.2) is 42.5 Å². The first-order valence-corrected chi connectivity index (χ1v) is 11.4. The van der Waals surface area contributed by atoms with E-state index < -0.39 is 11.7 Å². The number of thiocarbonyl (C=S) groups is 1. The minimum absolute atomic E-state index is 0.441. The second-order valence-corrected chi connectivity index (χ2v) is 8.31. The highest BCUT2D eigenvalue weighted by molar-refractivity contribution is 7.80. The lowest BCUT2D eigenvalue weighted by molar-refractivity contribution is -0.137. The van der Waals surface area contributed by atoms with Gasteiger partial charge in [-0.05, 0) is 60.6 Å². The molecular weight excluding hydrogens is 467 g/mol. The molecule has 186 valence electrons. The van der Waals surface area contributed by atoms with Gasteiger partial charge in [-0.3, -0.25) is 4.90 Å². The van der Waals surface area contributed by atoms with Gasteiger partial charge in [0.2, 0.25) is 0 Å². The molecule has 1 N–H and O–H groups in total. The Morgan fingerprint density at radius 2 is 1.74 bits per heavy atom. The molecule has 2 aromatic rings. The quantitative estimate of drug-likeness (QED) is 0.507. The average Bonchev–Trinajstić information content (AvgIpc) is 2.83. The van der Waals surface area contributed by atoms with Crippen LogP contribution in [0, 0.1) is 0 Å². The highest BCUT2D eigenvalue weighted by atomic mass is 32.1. The average molecular weight is 498 g/mol. The monoisotopic (exact) mass is 497 g/mol. The van der Waals surface area contributed by atoms with Gasteiger partial charge in [-0.25, -0.2) is 0 Å². The molecular formula is C24H30F3N3O3S. The van der Waals surface area contributed by atoms with E-state index in [-0.39, 0.29) is 0 Å². The van der Waals surface area contributed by atoms with Crippen molar-refractivity contribution in [3.05, 3.63) is 53.6 Å². The Morgan fingerprint density at radius 1 is 1.06 bits per heavy atom. The molecule has 0 radical (unpaired) electrons. The summed E-state index contributed by atoms with van der Waals surface area (Å²) in [5.74, 6) is 1.26. The fourth-order valence-electron chi connectivity index (χ4n) is 3.71. The Labute approximate surface area is 203 Å². The molecule has 1 saturated heterocycles. The third-order valence-corrected chi connectivity index (χ3v) is 5.94. The van der Waals surface area contributed by atoms with Crippen molar-refractivity contribution in [1.82, 2.24) is 9.80 Å². The fraction of sp³-hybridized carbons (Fsp3) is 0.458. The van der Waals surface area contributed by atoms with E-state index in [4.69, 9.17) is 26.4 Å². The SMILES string of the molecule is COc1ccc(CN(CCCN2CCOCC2)C(=S)Nc2ccc(C(F)(F)F)cc2)cc1OC. The number of halogens is 3. The van der Waals surface area contributed by atoms with Gasteiger partial charge in [-0.1, -0.05) is 6.07 Å². The molecule has 1 fully saturated rings. The maximum Gasteiger partial charge on any atom is 0.416 e. The highest BCUT2D eigenvalue weighted by Crippen LogP contribution is 2.30. The first-order chi connectivity index (χ1) is 16.3. The Kier molecular flexibility index (Phi) is 9.37. The van der Waals surface area contributed by atoms with Crippen molar-refractivity contribution in [2.75, 3.05) is 58.9 Å². The first kappa shape index (κ1) is 26.1. The van der Waals surface area contributed by atoms with Gasteiger partial charge in [0.15, 0.2) is 16.6 Å². The molecule has 0 atom stereocenters. The van der Waals surface area contributed by atoms with E-state index in [1.165, 1.54) is 12.1 Å². The lowest BCUT2D eigenvalue weighted by Crippen LogP contribution is -2.40. The second kappa shape index (κ2) is 12.2. The van der Waals surface area contributed by atoms with Gasteiger partial charge in [-0.2, -0.15) is 13.2 Å². The van der Waals surface area contributed by atoms with Crippen molar-refractivity contribution < 1.29 is 27.4 Å². The van der Waals surface area contributed by atoms with Crippen LogP contribution < -0.4 is 14.8 Å². The minimum Gasteiger partial charge on any atom is -0.493 e. The standard InChI is InChI=1S/C24H30F3N3O3S/c1-31-21-9-4-18(16-22(21)32-2)17-30(11-3-10-29-12-14-33-15-13-29)23(34)28-20-7-5-19(6-8-20)24(25,26)27/h4-9,16H,3,10-15,17H2,1-2H3,(H,28,34). The second-order valence-electron chi connectivity index (χ2n) is 7.92. The predicted octanol–water partition coefficient (Wildman–Crippen LogP) is 4.64. The summed E-state index contributed by atoms with van der Waals surface area (Å²) >= 11 is 5.65. The number of methoxy groups -OCH3 is 2. The van der Waals surface area contributed by atoms with Gasteiger partial charge < -0.3 is 24.4 Å². The van der Waals surface area contributed by atoms with Crippen molar-refractivity contribution in [3.63, 3.8) is 0 Å². The van der Waals surface area contributed by atoms with E-state index in [0.717, 1.165) is 57.0 Å². The van der Waals surface area contributed by atoms with E-state index in [0.29, 0.717) is 35.4 Å². The number of ether oxygens (including phenoxy) is 3. The number of morpholine rings is 1. The zero-order valence-electron chi connectivity index (χ0n) is 19.4. The number of rotatable bonds is 9. The maximum atomic E-state index is 12.9. The molecule has 0 spiro atoms. The normalized spacial score (nSPS) is 14.5.